The van der Waals surface area contributed by atoms with Gasteiger partial charge in [-0.1, -0.05) is 188 Å². The molecular weight excluding hydrogens is 825 g/mol. The summed E-state index contributed by atoms with van der Waals surface area (Å²) in [6.07, 6.45) is 0. The number of fused-ring (bicyclic) bond motifs is 15. The highest BCUT2D eigenvalue weighted by Gasteiger charge is 2.49. The van der Waals surface area contributed by atoms with Crippen LogP contribution in [-0.4, -0.2) is 9.97 Å². The molecule has 12 aromatic rings. The summed E-state index contributed by atoms with van der Waals surface area (Å²) in [5.41, 5.74) is 22.8. The summed E-state index contributed by atoms with van der Waals surface area (Å²) in [5.74, 6) is 0.656. The van der Waals surface area contributed by atoms with Crippen molar-refractivity contribution >= 4 is 21.9 Å². The molecule has 2 aliphatic carbocycles. The van der Waals surface area contributed by atoms with Crippen LogP contribution < -0.4 is 0 Å². The van der Waals surface area contributed by atoms with E-state index in [1.54, 1.807) is 0 Å². The molecule has 14 rings (SSSR count). The third kappa shape index (κ3) is 5.79. The van der Waals surface area contributed by atoms with E-state index in [1.165, 1.54) is 55.6 Å². The summed E-state index contributed by atoms with van der Waals surface area (Å²) >= 11 is 0. The van der Waals surface area contributed by atoms with Crippen LogP contribution in [0.2, 0.25) is 0 Å². The molecule has 0 saturated carbocycles. The van der Waals surface area contributed by atoms with Crippen LogP contribution in [0.25, 0.3) is 111 Å². The van der Waals surface area contributed by atoms with Crippen molar-refractivity contribution in [2.45, 2.75) is 5.41 Å². The van der Waals surface area contributed by atoms with Crippen LogP contribution in [0.3, 0.4) is 0 Å². The van der Waals surface area contributed by atoms with Crippen molar-refractivity contribution < 1.29 is 4.42 Å². The molecular formula is C65H40N2O. The molecule has 316 valence electrons. The predicted molar refractivity (Wildman–Crippen MR) is 278 cm³/mol. The van der Waals surface area contributed by atoms with Gasteiger partial charge in [-0.3, -0.25) is 0 Å². The van der Waals surface area contributed by atoms with Crippen LogP contribution in [0.1, 0.15) is 22.3 Å². The minimum Gasteiger partial charge on any atom is -0.456 e. The summed E-state index contributed by atoms with van der Waals surface area (Å²) in [5, 5.41) is 2.14. The second-order valence-corrected chi connectivity index (χ2v) is 18.0. The van der Waals surface area contributed by atoms with Crippen LogP contribution in [0, 0.1) is 0 Å². The Hall–Kier alpha value is -8.92. The van der Waals surface area contributed by atoms with Gasteiger partial charge in [-0.15, -0.1) is 0 Å². The second kappa shape index (κ2) is 15.1. The van der Waals surface area contributed by atoms with Crippen molar-refractivity contribution in [1.29, 1.82) is 0 Å². The van der Waals surface area contributed by atoms with Crippen molar-refractivity contribution in [3.05, 3.63) is 265 Å². The van der Waals surface area contributed by atoms with Gasteiger partial charge in [-0.2, -0.15) is 0 Å². The zero-order valence-electron chi connectivity index (χ0n) is 36.9. The minimum absolute atomic E-state index is 0.616. The summed E-state index contributed by atoms with van der Waals surface area (Å²) in [4.78, 5) is 11.1. The fourth-order valence-corrected chi connectivity index (χ4v) is 11.3. The SMILES string of the molecule is c1ccc(-c2cc(-c3ccccc3)cc(-c3nc(-c4ccc5c(c4)C4(c6ccccc6-c6ccccc6-c6ccccc64)c4ccccc4-5)cc(-c4ccc5oc6ccccc6c5c4)n3)c2)cc1. The van der Waals surface area contributed by atoms with Crippen molar-refractivity contribution in [2.24, 2.45) is 0 Å². The quantitative estimate of drug-likeness (QED) is 0.173. The zero-order valence-corrected chi connectivity index (χ0v) is 36.9. The lowest BCUT2D eigenvalue weighted by Gasteiger charge is -2.35. The van der Waals surface area contributed by atoms with E-state index in [-0.39, 0.29) is 0 Å². The van der Waals surface area contributed by atoms with Crippen LogP contribution in [-0.2, 0) is 5.41 Å². The number of para-hydroxylation sites is 1. The van der Waals surface area contributed by atoms with Gasteiger partial charge in [0.2, 0.25) is 0 Å². The number of hydrogen-bond acceptors (Lipinski definition) is 3. The third-order valence-electron chi connectivity index (χ3n) is 14.3. The molecule has 3 nitrogen and oxygen atoms in total. The predicted octanol–water partition coefficient (Wildman–Crippen LogP) is 16.7. The maximum absolute atomic E-state index is 6.31. The highest BCUT2D eigenvalue weighted by atomic mass is 16.3. The molecule has 2 aromatic heterocycles. The van der Waals surface area contributed by atoms with Crippen LogP contribution in [0.5, 0.6) is 0 Å². The topological polar surface area (TPSA) is 38.9 Å². The number of nitrogens with zero attached hydrogens (tertiary/aromatic N) is 2. The number of rotatable bonds is 5. The standard InChI is InChI=1S/C65H40N2O/c1-3-17-41(18-4-1)45-35-46(42-19-5-2-6-20-42)37-47(36-45)64-66-60(43-32-34-63-55(38-43)54-26-12-16-30-62(54)68-63)40-61(67-64)44-31-33-53-52-25-11-15-29-58(52)65(59(53)39-44)56-27-13-9-23-50(56)48-21-7-8-22-49(48)51-24-10-14-28-57(51)65/h1-40H. The Balaban J connectivity index is 1.04. The van der Waals surface area contributed by atoms with E-state index >= 15 is 0 Å². The molecule has 10 aromatic carbocycles. The Morgan fingerprint density at radius 2 is 0.706 bits per heavy atom. The Labute approximate surface area is 394 Å². The van der Waals surface area contributed by atoms with Gasteiger partial charge in [0.05, 0.1) is 16.8 Å². The summed E-state index contributed by atoms with van der Waals surface area (Å²) in [7, 11) is 0. The Morgan fingerprint density at radius 1 is 0.265 bits per heavy atom. The first-order valence-corrected chi connectivity index (χ1v) is 23.3. The molecule has 0 amide bonds. The van der Waals surface area contributed by atoms with Crippen molar-refractivity contribution in [3.63, 3.8) is 0 Å². The smallest absolute Gasteiger partial charge is 0.160 e. The maximum Gasteiger partial charge on any atom is 0.160 e. The molecule has 0 fully saturated rings. The average Bonchev–Trinajstić information content (AvgIpc) is 3.90. The van der Waals surface area contributed by atoms with E-state index < -0.39 is 5.41 Å². The normalized spacial score (nSPS) is 12.8. The van der Waals surface area contributed by atoms with E-state index in [0.29, 0.717) is 5.82 Å². The number of furan rings is 1. The molecule has 0 radical (unpaired) electrons. The Kier molecular flexibility index (Phi) is 8.50. The van der Waals surface area contributed by atoms with Gasteiger partial charge in [0.15, 0.2) is 5.82 Å². The molecule has 0 N–H and O–H groups in total. The lowest BCUT2D eigenvalue weighted by Crippen LogP contribution is -2.29. The first kappa shape index (κ1) is 38.4. The largest absolute Gasteiger partial charge is 0.456 e. The van der Waals surface area contributed by atoms with Crippen molar-refractivity contribution in [2.75, 3.05) is 0 Å². The fraction of sp³-hybridized carbons (Fsp3) is 0.0154. The van der Waals surface area contributed by atoms with Gasteiger partial charge in [-0.05, 0) is 132 Å². The fourth-order valence-electron chi connectivity index (χ4n) is 11.3. The molecule has 1 spiro atoms. The Bertz CT molecular complexity index is 3850. The molecule has 0 saturated heterocycles. The molecule has 0 aliphatic heterocycles. The van der Waals surface area contributed by atoms with Gasteiger partial charge in [0, 0.05) is 27.5 Å². The zero-order chi connectivity index (χ0) is 44.8. The van der Waals surface area contributed by atoms with E-state index in [4.69, 9.17) is 14.4 Å². The summed E-state index contributed by atoms with van der Waals surface area (Å²) in [6.45, 7) is 0. The highest BCUT2D eigenvalue weighted by molar-refractivity contribution is 6.06. The van der Waals surface area contributed by atoms with Gasteiger partial charge < -0.3 is 4.42 Å². The first-order chi connectivity index (χ1) is 33.7. The maximum atomic E-state index is 6.31. The molecule has 0 atom stereocenters. The second-order valence-electron chi connectivity index (χ2n) is 18.0. The first-order valence-electron chi connectivity index (χ1n) is 23.3. The van der Waals surface area contributed by atoms with Crippen LogP contribution in [0.15, 0.2) is 247 Å². The number of benzene rings is 10. The van der Waals surface area contributed by atoms with Gasteiger partial charge in [0.25, 0.3) is 0 Å². The van der Waals surface area contributed by atoms with E-state index in [0.717, 1.165) is 72.3 Å². The molecule has 2 heterocycles. The molecule has 3 heteroatoms. The number of hydrogen-bond donors (Lipinski definition) is 0. The third-order valence-corrected chi connectivity index (χ3v) is 14.3. The average molecular weight is 865 g/mol. The van der Waals surface area contributed by atoms with Gasteiger partial charge in [0.1, 0.15) is 11.2 Å². The van der Waals surface area contributed by atoms with E-state index in [2.05, 4.69) is 231 Å². The van der Waals surface area contributed by atoms with E-state index in [1.807, 2.05) is 12.1 Å². The minimum atomic E-state index is -0.616. The van der Waals surface area contributed by atoms with Crippen LogP contribution >= 0.6 is 0 Å². The summed E-state index contributed by atoms with van der Waals surface area (Å²) < 4.78 is 6.31. The van der Waals surface area contributed by atoms with Gasteiger partial charge in [-0.25, -0.2) is 9.97 Å². The lowest BCUT2D eigenvalue weighted by molar-refractivity contribution is 0.669. The molecule has 0 unspecified atom stereocenters. The molecule has 68 heavy (non-hydrogen) atoms. The Morgan fingerprint density at radius 3 is 1.31 bits per heavy atom. The number of aromatic nitrogens is 2. The monoisotopic (exact) mass is 864 g/mol. The lowest BCUT2D eigenvalue weighted by atomic mass is 9.65. The van der Waals surface area contributed by atoms with E-state index in [9.17, 15) is 0 Å². The molecule has 2 aliphatic rings. The van der Waals surface area contributed by atoms with Crippen molar-refractivity contribution in [3.8, 4) is 89.5 Å². The van der Waals surface area contributed by atoms with Gasteiger partial charge >= 0.3 is 0 Å². The summed E-state index contributed by atoms with van der Waals surface area (Å²) in [6, 6.07) is 87.8. The highest BCUT2D eigenvalue weighted by Crippen LogP contribution is 2.61. The molecule has 0 bridgehead atoms. The van der Waals surface area contributed by atoms with Crippen molar-refractivity contribution in [1.82, 2.24) is 9.97 Å². The van der Waals surface area contributed by atoms with Crippen LogP contribution in [0.4, 0.5) is 0 Å².